The molecule has 1 rings (SSSR count). The van der Waals surface area contributed by atoms with Gasteiger partial charge in [-0.05, 0) is 20.3 Å². The first kappa shape index (κ1) is 18.0. The van der Waals surface area contributed by atoms with Crippen LogP contribution in [0.3, 0.4) is 0 Å². The molecule has 1 heterocycles. The number of nitrogens with one attached hydrogen (secondary N) is 1. The highest BCUT2D eigenvalue weighted by Gasteiger charge is 2.27. The number of aryl methyl sites for hydroxylation is 1. The molecule has 9 heteroatoms. The number of alkyl halides is 3. The number of carbonyl (C=O) groups excluding carboxylic acids is 1. The Morgan fingerprint density at radius 2 is 1.95 bits per heavy atom. The number of carbonyl (C=O) groups is 2. The smallest absolute Gasteiger partial charge is 0.390 e. The van der Waals surface area contributed by atoms with Gasteiger partial charge in [0, 0.05) is 24.7 Å². The standard InChI is InChI=1S/C13H18F3N3O3/c1-12(2,4-3-10(20)21)18-11(22)9-7-17-19(8-9)6-5-13(14,15)16/h7-8H,3-6H2,1-2H3,(H,18,22)(H,20,21). The van der Waals surface area contributed by atoms with E-state index in [-0.39, 0.29) is 24.9 Å². The molecule has 6 nitrogen and oxygen atoms in total. The average Bonchev–Trinajstić information content (AvgIpc) is 2.82. The number of rotatable bonds is 7. The van der Waals surface area contributed by atoms with Gasteiger partial charge in [-0.1, -0.05) is 0 Å². The van der Waals surface area contributed by atoms with Crippen molar-refractivity contribution in [1.82, 2.24) is 15.1 Å². The summed E-state index contributed by atoms with van der Waals surface area (Å²) in [5, 5.41) is 15.0. The molecule has 0 fully saturated rings. The second kappa shape index (κ2) is 6.80. The quantitative estimate of drug-likeness (QED) is 0.806. The number of nitrogens with zero attached hydrogens (tertiary/aromatic N) is 2. The highest BCUT2D eigenvalue weighted by Crippen LogP contribution is 2.20. The maximum atomic E-state index is 12.1. The van der Waals surface area contributed by atoms with Crippen LogP contribution in [0.1, 0.15) is 43.5 Å². The number of aromatic nitrogens is 2. The van der Waals surface area contributed by atoms with Crippen molar-refractivity contribution < 1.29 is 27.9 Å². The van der Waals surface area contributed by atoms with Crippen molar-refractivity contribution >= 4 is 11.9 Å². The number of hydrogen-bond donors (Lipinski definition) is 2. The summed E-state index contributed by atoms with van der Waals surface area (Å²) >= 11 is 0. The first-order valence-corrected chi connectivity index (χ1v) is 6.62. The van der Waals surface area contributed by atoms with Crippen molar-refractivity contribution in [2.45, 2.75) is 51.4 Å². The largest absolute Gasteiger partial charge is 0.481 e. The number of amides is 1. The van der Waals surface area contributed by atoms with Gasteiger partial charge in [-0.25, -0.2) is 0 Å². The molecule has 1 aromatic heterocycles. The molecule has 0 aliphatic carbocycles. The van der Waals surface area contributed by atoms with Crippen molar-refractivity contribution in [3.8, 4) is 0 Å². The summed E-state index contributed by atoms with van der Waals surface area (Å²) in [5.41, 5.74) is -0.616. The third-order valence-electron chi connectivity index (χ3n) is 2.94. The monoisotopic (exact) mass is 321 g/mol. The molecule has 0 atom stereocenters. The number of hydrogen-bond acceptors (Lipinski definition) is 3. The van der Waals surface area contributed by atoms with Gasteiger partial charge in [0.2, 0.25) is 0 Å². The van der Waals surface area contributed by atoms with Crippen molar-refractivity contribution in [3.05, 3.63) is 18.0 Å². The lowest BCUT2D eigenvalue weighted by Crippen LogP contribution is -2.43. The van der Waals surface area contributed by atoms with Gasteiger partial charge in [-0.2, -0.15) is 18.3 Å². The predicted molar refractivity (Wildman–Crippen MR) is 71.3 cm³/mol. The molecule has 0 aliphatic rings. The lowest BCUT2D eigenvalue weighted by molar-refractivity contribution is -0.138. The normalized spacial score (nSPS) is 12.2. The molecule has 0 aliphatic heterocycles. The van der Waals surface area contributed by atoms with Crippen LogP contribution in [-0.4, -0.2) is 38.5 Å². The van der Waals surface area contributed by atoms with E-state index >= 15 is 0 Å². The van der Waals surface area contributed by atoms with Crippen LogP contribution in [0.4, 0.5) is 13.2 Å². The van der Waals surface area contributed by atoms with Crippen LogP contribution in [0.5, 0.6) is 0 Å². The Morgan fingerprint density at radius 3 is 2.50 bits per heavy atom. The second-order valence-electron chi connectivity index (χ2n) is 5.59. The fraction of sp³-hybridized carbons (Fsp3) is 0.615. The maximum absolute atomic E-state index is 12.1. The van der Waals surface area contributed by atoms with E-state index in [9.17, 15) is 22.8 Å². The Balaban J connectivity index is 2.59. The Hall–Kier alpha value is -2.06. The molecule has 0 saturated carbocycles. The molecule has 2 N–H and O–H groups in total. The van der Waals surface area contributed by atoms with E-state index in [0.717, 1.165) is 4.68 Å². The SMILES string of the molecule is CC(C)(CCC(=O)O)NC(=O)c1cnn(CCC(F)(F)F)c1. The van der Waals surface area contributed by atoms with Gasteiger partial charge in [0.15, 0.2) is 0 Å². The summed E-state index contributed by atoms with van der Waals surface area (Å²) in [4.78, 5) is 22.5. The highest BCUT2D eigenvalue weighted by atomic mass is 19.4. The second-order valence-corrected chi connectivity index (χ2v) is 5.59. The molecule has 0 spiro atoms. The third kappa shape index (κ3) is 6.59. The minimum absolute atomic E-state index is 0.0991. The molecule has 124 valence electrons. The van der Waals surface area contributed by atoms with Crippen molar-refractivity contribution in [2.75, 3.05) is 0 Å². The van der Waals surface area contributed by atoms with Crippen molar-refractivity contribution in [1.29, 1.82) is 0 Å². The topological polar surface area (TPSA) is 84.2 Å². The zero-order valence-electron chi connectivity index (χ0n) is 12.3. The third-order valence-corrected chi connectivity index (χ3v) is 2.94. The Kier molecular flexibility index (Phi) is 5.56. The van der Waals surface area contributed by atoms with Crippen LogP contribution in [0.2, 0.25) is 0 Å². The number of carboxylic acid groups (broad SMARTS) is 1. The Morgan fingerprint density at radius 1 is 1.32 bits per heavy atom. The molecule has 1 amide bonds. The van der Waals surface area contributed by atoms with Crippen LogP contribution in [0.15, 0.2) is 12.4 Å². The molecule has 0 saturated heterocycles. The van der Waals surface area contributed by atoms with E-state index in [2.05, 4.69) is 10.4 Å². The van der Waals surface area contributed by atoms with E-state index in [1.807, 2.05) is 0 Å². The highest BCUT2D eigenvalue weighted by molar-refractivity contribution is 5.94. The number of halogens is 3. The summed E-state index contributed by atoms with van der Waals surface area (Å²) in [5.74, 6) is -1.48. The van der Waals surface area contributed by atoms with Gasteiger partial charge in [0.05, 0.1) is 18.2 Å². The van der Waals surface area contributed by atoms with Gasteiger partial charge in [0.25, 0.3) is 5.91 Å². The van der Waals surface area contributed by atoms with E-state index < -0.39 is 30.0 Å². The van der Waals surface area contributed by atoms with Crippen LogP contribution < -0.4 is 5.32 Å². The average molecular weight is 321 g/mol. The Labute approximate surface area is 125 Å². The van der Waals surface area contributed by atoms with Crippen LogP contribution in [0.25, 0.3) is 0 Å². The first-order chi connectivity index (χ1) is 9.98. The number of aliphatic carboxylic acids is 1. The summed E-state index contributed by atoms with van der Waals surface area (Å²) in [6, 6.07) is 0. The molecule has 0 unspecified atom stereocenters. The molecule has 0 bridgehead atoms. The molecule has 0 aromatic carbocycles. The zero-order chi connectivity index (χ0) is 17.0. The van der Waals surface area contributed by atoms with E-state index in [4.69, 9.17) is 5.11 Å². The minimum atomic E-state index is -4.28. The summed E-state index contributed by atoms with van der Waals surface area (Å²) in [7, 11) is 0. The molecular formula is C13H18F3N3O3. The van der Waals surface area contributed by atoms with E-state index in [0.29, 0.717) is 0 Å². The molecule has 1 aromatic rings. The minimum Gasteiger partial charge on any atom is -0.481 e. The zero-order valence-corrected chi connectivity index (χ0v) is 12.3. The maximum Gasteiger partial charge on any atom is 0.390 e. The van der Waals surface area contributed by atoms with E-state index in [1.165, 1.54) is 12.4 Å². The first-order valence-electron chi connectivity index (χ1n) is 6.62. The van der Waals surface area contributed by atoms with Gasteiger partial charge < -0.3 is 10.4 Å². The fourth-order valence-electron chi connectivity index (χ4n) is 1.71. The van der Waals surface area contributed by atoms with E-state index in [1.54, 1.807) is 13.8 Å². The predicted octanol–water partition coefficient (Wildman–Crippen LogP) is 2.21. The van der Waals surface area contributed by atoms with Crippen LogP contribution in [-0.2, 0) is 11.3 Å². The van der Waals surface area contributed by atoms with Crippen molar-refractivity contribution in [3.63, 3.8) is 0 Å². The van der Waals surface area contributed by atoms with Crippen LogP contribution >= 0.6 is 0 Å². The van der Waals surface area contributed by atoms with Crippen molar-refractivity contribution in [2.24, 2.45) is 0 Å². The van der Waals surface area contributed by atoms with Crippen LogP contribution in [0, 0.1) is 0 Å². The van der Waals surface area contributed by atoms with Gasteiger partial charge in [-0.15, -0.1) is 0 Å². The van der Waals surface area contributed by atoms with Gasteiger partial charge in [0.1, 0.15) is 0 Å². The van der Waals surface area contributed by atoms with Gasteiger partial charge >= 0.3 is 12.1 Å². The lowest BCUT2D eigenvalue weighted by atomic mass is 9.98. The summed E-state index contributed by atoms with van der Waals surface area (Å²) in [6.07, 6.45) is -2.77. The fourth-order valence-corrected chi connectivity index (χ4v) is 1.71. The van der Waals surface area contributed by atoms with Gasteiger partial charge in [-0.3, -0.25) is 14.3 Å². The summed E-state index contributed by atoms with van der Waals surface area (Å²) in [6.45, 7) is 2.98. The number of carboxylic acids is 1. The summed E-state index contributed by atoms with van der Waals surface area (Å²) < 4.78 is 37.4. The molecule has 22 heavy (non-hydrogen) atoms. The molecule has 0 radical (unpaired) electrons. The lowest BCUT2D eigenvalue weighted by Gasteiger charge is -2.25. The molecular weight excluding hydrogens is 303 g/mol. The Bertz CT molecular complexity index is 538.